The van der Waals surface area contributed by atoms with E-state index in [4.69, 9.17) is 5.73 Å². The Morgan fingerprint density at radius 2 is 2.00 bits per heavy atom. The van der Waals surface area contributed by atoms with Crippen LogP contribution in [-0.4, -0.2) is 68.0 Å². The third kappa shape index (κ3) is 2.73. The largest absolute Gasteiger partial charge is 0.382 e. The third-order valence-corrected chi connectivity index (χ3v) is 4.97. The molecule has 2 rings (SSSR count). The molecule has 2 unspecified atom stereocenters. The van der Waals surface area contributed by atoms with Crippen LogP contribution in [0.15, 0.2) is 0 Å². The molecule has 7 heteroatoms. The first-order valence-electron chi connectivity index (χ1n) is 6.70. The number of thiazole rings is 1. The Kier molecular flexibility index (Phi) is 4.19. The van der Waals surface area contributed by atoms with Crippen LogP contribution in [0.3, 0.4) is 0 Å². The van der Waals surface area contributed by atoms with Crippen LogP contribution in [0.4, 0.5) is 10.9 Å². The lowest BCUT2D eigenvalue weighted by atomic mass is 10.1. The zero-order valence-electron chi connectivity index (χ0n) is 12.8. The fourth-order valence-electron chi connectivity index (χ4n) is 2.60. The minimum absolute atomic E-state index is 0.00398. The molecule has 2 atom stereocenters. The number of nitrogen functional groups attached to an aromatic ring is 1. The molecule has 0 radical (unpaired) electrons. The first-order chi connectivity index (χ1) is 9.31. The fourth-order valence-corrected chi connectivity index (χ4v) is 3.47. The zero-order chi connectivity index (χ0) is 15.0. The van der Waals surface area contributed by atoms with Crippen molar-refractivity contribution in [3.05, 3.63) is 4.88 Å². The molecule has 6 nitrogen and oxygen atoms in total. The Labute approximate surface area is 124 Å². The Balaban J connectivity index is 2.16. The molecule has 20 heavy (non-hydrogen) atoms. The predicted octanol–water partition coefficient (Wildman–Crippen LogP) is 0.813. The number of likely N-dealkylation sites (N-methyl/N-ethyl adjacent to an activating group) is 1. The van der Waals surface area contributed by atoms with Crippen LogP contribution in [0.25, 0.3) is 0 Å². The smallest absolute Gasteiger partial charge is 0.267 e. The van der Waals surface area contributed by atoms with Crippen LogP contribution in [0.2, 0.25) is 0 Å². The number of nitrogens with two attached hydrogens (primary N) is 1. The third-order valence-electron chi connectivity index (χ3n) is 3.74. The Hall–Kier alpha value is -1.34. The van der Waals surface area contributed by atoms with Crippen LogP contribution in [0, 0.1) is 5.92 Å². The van der Waals surface area contributed by atoms with Crippen molar-refractivity contribution < 1.29 is 4.79 Å². The number of carbonyl (C=O) groups is 1. The van der Waals surface area contributed by atoms with Crippen molar-refractivity contribution in [3.8, 4) is 0 Å². The minimum Gasteiger partial charge on any atom is -0.382 e. The maximum absolute atomic E-state index is 12.6. The highest BCUT2D eigenvalue weighted by molar-refractivity contribution is 7.18. The summed E-state index contributed by atoms with van der Waals surface area (Å²) in [5, 5.41) is 0.766. The second kappa shape index (κ2) is 5.57. The number of nitrogens with zero attached hydrogens (tertiary/aromatic N) is 4. The summed E-state index contributed by atoms with van der Waals surface area (Å²) in [4.78, 5) is 23.3. The van der Waals surface area contributed by atoms with Gasteiger partial charge in [-0.15, -0.1) is 0 Å². The van der Waals surface area contributed by atoms with Gasteiger partial charge >= 0.3 is 0 Å². The van der Waals surface area contributed by atoms with E-state index in [1.165, 1.54) is 11.3 Å². The molecular weight excluding hydrogens is 274 g/mol. The van der Waals surface area contributed by atoms with Gasteiger partial charge in [0, 0.05) is 33.2 Å². The summed E-state index contributed by atoms with van der Waals surface area (Å²) in [5.41, 5.74) is 5.89. The van der Waals surface area contributed by atoms with Gasteiger partial charge in [-0.25, -0.2) is 4.98 Å². The van der Waals surface area contributed by atoms with E-state index >= 15 is 0 Å². The molecule has 0 bridgehead atoms. The van der Waals surface area contributed by atoms with Gasteiger partial charge in [0.2, 0.25) is 0 Å². The standard InChI is InChI=1S/C13H23N5OS/c1-8-6-18(7-9(8)16(2)3)12(19)10-11(14)15-13(20-10)17(4)5/h8-9H,6-7,14H2,1-5H3. The van der Waals surface area contributed by atoms with Crippen molar-refractivity contribution in [1.29, 1.82) is 0 Å². The van der Waals surface area contributed by atoms with Gasteiger partial charge in [-0.2, -0.15) is 0 Å². The normalized spacial score (nSPS) is 22.6. The molecule has 1 fully saturated rings. The molecule has 1 aromatic rings. The van der Waals surface area contributed by atoms with Gasteiger partial charge in [0.15, 0.2) is 5.13 Å². The summed E-state index contributed by atoms with van der Waals surface area (Å²) >= 11 is 1.36. The summed E-state index contributed by atoms with van der Waals surface area (Å²) in [6.07, 6.45) is 0. The number of amides is 1. The van der Waals surface area contributed by atoms with E-state index in [1.807, 2.05) is 23.9 Å². The first kappa shape index (κ1) is 15.1. The molecule has 1 saturated heterocycles. The maximum Gasteiger partial charge on any atom is 0.267 e. The van der Waals surface area contributed by atoms with Crippen molar-refractivity contribution >= 4 is 28.2 Å². The SMILES string of the molecule is CC1CN(C(=O)c2sc(N(C)C)nc2N)CC1N(C)C. The van der Waals surface area contributed by atoms with Gasteiger partial charge in [0.25, 0.3) is 5.91 Å². The molecule has 112 valence electrons. The highest BCUT2D eigenvalue weighted by atomic mass is 32.1. The Morgan fingerprint density at radius 1 is 1.35 bits per heavy atom. The van der Waals surface area contributed by atoms with Gasteiger partial charge in [-0.3, -0.25) is 4.79 Å². The zero-order valence-corrected chi connectivity index (χ0v) is 13.6. The van der Waals surface area contributed by atoms with Crippen molar-refractivity contribution in [2.75, 3.05) is 51.9 Å². The fraction of sp³-hybridized carbons (Fsp3) is 0.692. The van der Waals surface area contributed by atoms with Crippen molar-refractivity contribution in [3.63, 3.8) is 0 Å². The van der Waals surface area contributed by atoms with Crippen molar-refractivity contribution in [2.24, 2.45) is 5.92 Å². The van der Waals surface area contributed by atoms with E-state index < -0.39 is 0 Å². The molecule has 2 heterocycles. The molecule has 0 saturated carbocycles. The summed E-state index contributed by atoms with van der Waals surface area (Å²) in [6, 6.07) is 0.404. The van der Waals surface area contributed by atoms with Gasteiger partial charge in [-0.05, 0) is 20.0 Å². The predicted molar refractivity (Wildman–Crippen MR) is 83.4 cm³/mol. The molecule has 1 aliphatic rings. The first-order valence-corrected chi connectivity index (χ1v) is 7.52. The molecule has 1 aliphatic heterocycles. The Morgan fingerprint density at radius 3 is 2.45 bits per heavy atom. The highest BCUT2D eigenvalue weighted by Gasteiger charge is 2.35. The highest BCUT2D eigenvalue weighted by Crippen LogP contribution is 2.30. The lowest BCUT2D eigenvalue weighted by Crippen LogP contribution is -2.35. The second-order valence-electron chi connectivity index (χ2n) is 5.82. The summed E-state index contributed by atoms with van der Waals surface area (Å²) < 4.78 is 0. The molecule has 1 aromatic heterocycles. The average molecular weight is 297 g/mol. The van der Waals surface area contributed by atoms with Gasteiger partial charge < -0.3 is 20.4 Å². The maximum atomic E-state index is 12.6. The average Bonchev–Trinajstić information content (AvgIpc) is 2.92. The number of rotatable bonds is 3. The number of likely N-dealkylation sites (tertiary alicyclic amines) is 1. The quantitative estimate of drug-likeness (QED) is 0.894. The number of anilines is 2. The van der Waals surface area contributed by atoms with Gasteiger partial charge in [0.1, 0.15) is 10.7 Å². The van der Waals surface area contributed by atoms with Crippen LogP contribution < -0.4 is 10.6 Å². The van der Waals surface area contributed by atoms with E-state index in [-0.39, 0.29) is 5.91 Å². The van der Waals surface area contributed by atoms with Gasteiger partial charge in [0.05, 0.1) is 0 Å². The number of carbonyl (C=O) groups excluding carboxylic acids is 1. The second-order valence-corrected chi connectivity index (χ2v) is 6.80. The number of hydrogen-bond donors (Lipinski definition) is 1. The van der Waals surface area contributed by atoms with E-state index in [2.05, 4.69) is 30.9 Å². The lowest BCUT2D eigenvalue weighted by molar-refractivity contribution is 0.0787. The van der Waals surface area contributed by atoms with Crippen LogP contribution in [0.5, 0.6) is 0 Å². The molecule has 1 amide bonds. The lowest BCUT2D eigenvalue weighted by Gasteiger charge is -2.22. The molecule has 2 N–H and O–H groups in total. The molecule has 0 spiro atoms. The van der Waals surface area contributed by atoms with Crippen LogP contribution in [0.1, 0.15) is 16.6 Å². The monoisotopic (exact) mass is 297 g/mol. The summed E-state index contributed by atoms with van der Waals surface area (Å²) in [5.74, 6) is 0.811. The topological polar surface area (TPSA) is 65.7 Å². The Bertz CT molecular complexity index is 499. The van der Waals surface area contributed by atoms with Crippen molar-refractivity contribution in [2.45, 2.75) is 13.0 Å². The van der Waals surface area contributed by atoms with Crippen LogP contribution in [-0.2, 0) is 0 Å². The molecular formula is C13H23N5OS. The molecule has 0 aromatic carbocycles. The van der Waals surface area contributed by atoms with Gasteiger partial charge in [-0.1, -0.05) is 18.3 Å². The minimum atomic E-state index is 0.00398. The van der Waals surface area contributed by atoms with Crippen LogP contribution >= 0.6 is 11.3 Å². The van der Waals surface area contributed by atoms with E-state index in [1.54, 1.807) is 0 Å². The van der Waals surface area contributed by atoms with Crippen molar-refractivity contribution in [1.82, 2.24) is 14.8 Å². The summed E-state index contributed by atoms with van der Waals surface area (Å²) in [6.45, 7) is 3.71. The number of aromatic nitrogens is 1. The number of hydrogen-bond acceptors (Lipinski definition) is 6. The molecule has 0 aliphatic carbocycles. The van der Waals surface area contributed by atoms with E-state index in [0.717, 1.165) is 18.2 Å². The van der Waals surface area contributed by atoms with E-state index in [0.29, 0.717) is 22.7 Å². The van der Waals surface area contributed by atoms with E-state index in [9.17, 15) is 4.79 Å². The summed E-state index contributed by atoms with van der Waals surface area (Å²) in [7, 11) is 7.90.